The van der Waals surface area contributed by atoms with E-state index in [4.69, 9.17) is 17.3 Å². The van der Waals surface area contributed by atoms with Crippen LogP contribution in [-0.4, -0.2) is 48.6 Å². The standard InChI is InChI=1S/C16H26ClN3/c1-12-5-6-13(9-14(12)17)15(10-18)20-8-7-19(4)16(2,3)11-20/h5-6,9,15H,7-8,10-11,18H2,1-4H3. The molecule has 1 heterocycles. The maximum absolute atomic E-state index is 6.27. The number of nitrogens with two attached hydrogens (primary N) is 1. The third-order valence-corrected chi connectivity index (χ3v) is 5.00. The lowest BCUT2D eigenvalue weighted by Gasteiger charge is -2.48. The highest BCUT2D eigenvalue weighted by Crippen LogP contribution is 2.29. The summed E-state index contributed by atoms with van der Waals surface area (Å²) in [5.41, 5.74) is 8.57. The third-order valence-electron chi connectivity index (χ3n) is 4.59. The second-order valence-corrected chi connectivity index (χ2v) is 6.87. The molecule has 1 fully saturated rings. The van der Waals surface area contributed by atoms with Crippen molar-refractivity contribution in [2.45, 2.75) is 32.4 Å². The molecule has 1 unspecified atom stereocenters. The number of benzene rings is 1. The van der Waals surface area contributed by atoms with Crippen LogP contribution in [0, 0.1) is 6.92 Å². The summed E-state index contributed by atoms with van der Waals surface area (Å²) in [5.74, 6) is 0. The number of hydrogen-bond acceptors (Lipinski definition) is 3. The van der Waals surface area contributed by atoms with E-state index in [-0.39, 0.29) is 11.6 Å². The monoisotopic (exact) mass is 295 g/mol. The zero-order valence-electron chi connectivity index (χ0n) is 13.0. The van der Waals surface area contributed by atoms with E-state index >= 15 is 0 Å². The van der Waals surface area contributed by atoms with E-state index in [1.165, 1.54) is 5.56 Å². The van der Waals surface area contributed by atoms with Gasteiger partial charge in [-0.15, -0.1) is 0 Å². The minimum atomic E-state index is 0.181. The fourth-order valence-electron chi connectivity index (χ4n) is 2.86. The molecule has 1 aliphatic heterocycles. The fourth-order valence-corrected chi connectivity index (χ4v) is 3.05. The number of rotatable bonds is 3. The summed E-state index contributed by atoms with van der Waals surface area (Å²) in [4.78, 5) is 4.90. The second kappa shape index (κ2) is 6.02. The van der Waals surface area contributed by atoms with Gasteiger partial charge < -0.3 is 5.73 Å². The van der Waals surface area contributed by atoms with Crippen molar-refractivity contribution in [3.8, 4) is 0 Å². The summed E-state index contributed by atoms with van der Waals surface area (Å²) in [5, 5.41) is 0.828. The second-order valence-electron chi connectivity index (χ2n) is 6.46. The van der Waals surface area contributed by atoms with Crippen LogP contribution in [0.15, 0.2) is 18.2 Å². The van der Waals surface area contributed by atoms with Crippen LogP contribution >= 0.6 is 11.6 Å². The van der Waals surface area contributed by atoms with Crippen molar-refractivity contribution in [1.29, 1.82) is 0 Å². The minimum absolute atomic E-state index is 0.181. The summed E-state index contributed by atoms with van der Waals surface area (Å²) in [7, 11) is 2.19. The van der Waals surface area contributed by atoms with Gasteiger partial charge in [0.2, 0.25) is 0 Å². The molecule has 20 heavy (non-hydrogen) atoms. The van der Waals surface area contributed by atoms with E-state index in [0.29, 0.717) is 6.54 Å². The minimum Gasteiger partial charge on any atom is -0.329 e. The van der Waals surface area contributed by atoms with Crippen LogP contribution in [0.2, 0.25) is 5.02 Å². The quantitative estimate of drug-likeness (QED) is 0.930. The van der Waals surface area contributed by atoms with Crippen LogP contribution in [0.1, 0.15) is 31.0 Å². The van der Waals surface area contributed by atoms with Gasteiger partial charge in [-0.3, -0.25) is 9.80 Å². The van der Waals surface area contributed by atoms with Crippen LogP contribution in [0.4, 0.5) is 0 Å². The Hall–Kier alpha value is -0.610. The molecule has 1 saturated heterocycles. The highest BCUT2D eigenvalue weighted by Gasteiger charge is 2.34. The molecule has 0 spiro atoms. The normalized spacial score (nSPS) is 21.9. The molecule has 0 bridgehead atoms. The van der Waals surface area contributed by atoms with Crippen molar-refractivity contribution < 1.29 is 0 Å². The van der Waals surface area contributed by atoms with Gasteiger partial charge in [0.15, 0.2) is 0 Å². The summed E-state index contributed by atoms with van der Waals surface area (Å²) in [6.45, 7) is 10.4. The van der Waals surface area contributed by atoms with Crippen LogP contribution in [-0.2, 0) is 0 Å². The van der Waals surface area contributed by atoms with Gasteiger partial charge in [0, 0.05) is 42.8 Å². The van der Waals surface area contributed by atoms with Crippen molar-refractivity contribution >= 4 is 11.6 Å². The van der Waals surface area contributed by atoms with Gasteiger partial charge in [0.05, 0.1) is 0 Å². The highest BCUT2D eigenvalue weighted by atomic mass is 35.5. The molecule has 1 aliphatic rings. The predicted octanol–water partition coefficient (Wildman–Crippen LogP) is 2.67. The maximum atomic E-state index is 6.27. The van der Waals surface area contributed by atoms with E-state index < -0.39 is 0 Å². The van der Waals surface area contributed by atoms with E-state index in [2.05, 4.69) is 48.9 Å². The Morgan fingerprint density at radius 3 is 2.60 bits per heavy atom. The topological polar surface area (TPSA) is 32.5 Å². The lowest BCUT2D eigenvalue weighted by molar-refractivity contribution is 0.0180. The third kappa shape index (κ3) is 3.17. The van der Waals surface area contributed by atoms with Gasteiger partial charge in [-0.05, 0) is 45.0 Å². The summed E-state index contributed by atoms with van der Waals surface area (Å²) >= 11 is 6.27. The van der Waals surface area contributed by atoms with Crippen LogP contribution in [0.5, 0.6) is 0 Å². The molecular formula is C16H26ClN3. The Balaban J connectivity index is 2.22. The Kier molecular flexibility index (Phi) is 4.75. The number of aryl methyl sites for hydroxylation is 1. The molecule has 1 atom stereocenters. The van der Waals surface area contributed by atoms with Crippen LogP contribution < -0.4 is 5.73 Å². The maximum Gasteiger partial charge on any atom is 0.0472 e. The fraction of sp³-hybridized carbons (Fsp3) is 0.625. The van der Waals surface area contributed by atoms with Gasteiger partial charge >= 0.3 is 0 Å². The first-order valence-electron chi connectivity index (χ1n) is 7.26. The molecule has 2 rings (SSSR count). The average molecular weight is 296 g/mol. The Labute approximate surface area is 127 Å². The molecule has 0 aromatic heterocycles. The molecule has 0 amide bonds. The largest absolute Gasteiger partial charge is 0.329 e. The van der Waals surface area contributed by atoms with E-state index in [0.717, 1.165) is 30.2 Å². The zero-order chi connectivity index (χ0) is 14.9. The Bertz CT molecular complexity index is 473. The first-order chi connectivity index (χ1) is 9.35. The molecule has 0 radical (unpaired) electrons. The molecule has 3 nitrogen and oxygen atoms in total. The molecule has 112 valence electrons. The van der Waals surface area contributed by atoms with Crippen LogP contribution in [0.25, 0.3) is 0 Å². The van der Waals surface area contributed by atoms with Gasteiger partial charge in [-0.2, -0.15) is 0 Å². The molecule has 4 heteroatoms. The first kappa shape index (κ1) is 15.8. The molecule has 0 saturated carbocycles. The van der Waals surface area contributed by atoms with Crippen molar-refractivity contribution in [3.05, 3.63) is 34.3 Å². The van der Waals surface area contributed by atoms with E-state index in [1.807, 2.05) is 6.92 Å². The number of hydrogen-bond donors (Lipinski definition) is 1. The van der Waals surface area contributed by atoms with Crippen molar-refractivity contribution in [3.63, 3.8) is 0 Å². The summed E-state index contributed by atoms with van der Waals surface area (Å²) < 4.78 is 0. The number of nitrogens with zero attached hydrogens (tertiary/aromatic N) is 2. The molecule has 1 aromatic rings. The Morgan fingerprint density at radius 1 is 1.35 bits per heavy atom. The highest BCUT2D eigenvalue weighted by molar-refractivity contribution is 6.31. The summed E-state index contributed by atoms with van der Waals surface area (Å²) in [6.07, 6.45) is 0. The van der Waals surface area contributed by atoms with Gasteiger partial charge in [0.25, 0.3) is 0 Å². The molecule has 1 aromatic carbocycles. The van der Waals surface area contributed by atoms with Crippen molar-refractivity contribution in [2.75, 3.05) is 33.2 Å². The van der Waals surface area contributed by atoms with E-state index in [1.54, 1.807) is 0 Å². The van der Waals surface area contributed by atoms with Gasteiger partial charge in [-0.1, -0.05) is 23.7 Å². The SMILES string of the molecule is Cc1ccc(C(CN)N2CCN(C)C(C)(C)C2)cc1Cl. The molecular weight excluding hydrogens is 270 g/mol. The molecule has 0 aliphatic carbocycles. The summed E-state index contributed by atoms with van der Waals surface area (Å²) in [6, 6.07) is 6.56. The lowest BCUT2D eigenvalue weighted by atomic mass is 9.95. The molecule has 2 N–H and O–H groups in total. The smallest absolute Gasteiger partial charge is 0.0472 e. The van der Waals surface area contributed by atoms with Crippen LogP contribution in [0.3, 0.4) is 0 Å². The number of halogens is 1. The van der Waals surface area contributed by atoms with Crippen molar-refractivity contribution in [2.24, 2.45) is 5.73 Å². The number of piperazine rings is 1. The predicted molar refractivity (Wildman–Crippen MR) is 86.3 cm³/mol. The first-order valence-corrected chi connectivity index (χ1v) is 7.64. The zero-order valence-corrected chi connectivity index (χ0v) is 13.7. The number of likely N-dealkylation sites (N-methyl/N-ethyl adjacent to an activating group) is 1. The lowest BCUT2D eigenvalue weighted by Crippen LogP contribution is -2.58. The average Bonchev–Trinajstić information content (AvgIpc) is 2.38. The van der Waals surface area contributed by atoms with Gasteiger partial charge in [-0.25, -0.2) is 0 Å². The van der Waals surface area contributed by atoms with Crippen molar-refractivity contribution in [1.82, 2.24) is 9.80 Å². The van der Waals surface area contributed by atoms with Gasteiger partial charge in [0.1, 0.15) is 0 Å². The Morgan fingerprint density at radius 2 is 2.05 bits per heavy atom. The van der Waals surface area contributed by atoms with E-state index in [9.17, 15) is 0 Å².